The standard InChI is InChI=1S/C75H98N6O18/c1-48(2)41-59(72(91)92)79(9)70(89)57-26-20-40-80(57)69(88)56(44-49-28-33-55(34-29-49)96-46-65(85)99-74(3,4)5)77-68(87)66(52-22-13-12-14-23-52)78-63(83)37-32-54(82)43-51-21-19-24-53(42-51)60(35-30-50-31-36-61(94-10)62(45-50)95-11)98-73(93)58-25-16-18-39-81(58)71(90)67(86)75(6,7)47-97-64(84)27-15-17-38-76-8/h12-15,19,21-24,27-29,31,33-34,36,42,45,48,56-60,66,76H,16-18,20,25-26,30,32,35,37-41,43-44,46-47H2,1-11H3,(H,77,87)(H,78,83)(H,91,92)/b27-15+/t56-,57+,58-,59-,60+,66-/m0/s1. The Morgan fingerprint density at radius 2 is 1.41 bits per heavy atom. The number of likely N-dealkylation sites (tertiary alicyclic amines) is 2. The Labute approximate surface area is 580 Å². The molecule has 0 unspecified atom stereocenters. The number of hydrogen-bond donors (Lipinski definition) is 4. The fraction of sp³-hybridized carbons (Fsp3) is 0.507. The number of hydrogen-bond acceptors (Lipinski definition) is 18. The number of piperidine rings is 1. The maximum atomic E-state index is 15.0. The second kappa shape index (κ2) is 37.5. The SMILES string of the molecule is CNCC/C=C/C(=O)OCC(C)(C)C(=O)C(=O)N1CCCC[C@H]1C(=O)O[C@H](CCc1ccc(OC)c(OC)c1)c1cccc(CC(=O)CCC(=O)N[C@H](C(=O)N[C@@H](Cc2ccc(OCC(=O)OC(C)(C)C)cc2)C(=O)N2CCC[C@@H]2C(=O)N(C)[C@@H](CC(C)C)C(=O)O)c2ccccc2)c1. The molecule has 24 heteroatoms. The summed E-state index contributed by atoms with van der Waals surface area (Å²) in [7, 11) is 6.23. The fourth-order valence-electron chi connectivity index (χ4n) is 11.8. The van der Waals surface area contributed by atoms with Crippen molar-refractivity contribution in [1.29, 1.82) is 0 Å². The van der Waals surface area contributed by atoms with E-state index in [1.165, 1.54) is 51.0 Å². The number of rotatable bonds is 36. The molecule has 4 N–H and O–H groups in total. The van der Waals surface area contributed by atoms with E-state index in [2.05, 4.69) is 16.0 Å². The summed E-state index contributed by atoms with van der Waals surface area (Å²) < 4.78 is 33.8. The average Bonchev–Trinajstić information content (AvgIpc) is 1.79. The van der Waals surface area contributed by atoms with Crippen LogP contribution >= 0.6 is 0 Å². The summed E-state index contributed by atoms with van der Waals surface area (Å²) in [5, 5.41) is 18.8. The number of Topliss-reactive ketones (excluding diaryl/α,β-unsaturated/α-hetero) is 2. The van der Waals surface area contributed by atoms with Gasteiger partial charge in [0.25, 0.3) is 5.91 Å². The van der Waals surface area contributed by atoms with Gasteiger partial charge in [-0.25, -0.2) is 19.2 Å². The third-order valence-electron chi connectivity index (χ3n) is 17.1. The molecule has 2 saturated heterocycles. The summed E-state index contributed by atoms with van der Waals surface area (Å²) in [6.45, 7) is 12.0. The number of aryl methyl sites for hydroxylation is 1. The molecule has 6 rings (SSSR count). The second-order valence-electron chi connectivity index (χ2n) is 27.1. The number of ketones is 2. The van der Waals surface area contributed by atoms with Crippen LogP contribution in [0.2, 0.25) is 0 Å². The molecular formula is C75H98N6O18. The maximum Gasteiger partial charge on any atom is 0.344 e. The molecule has 2 fully saturated rings. The van der Waals surface area contributed by atoms with E-state index in [0.29, 0.717) is 78.2 Å². The molecule has 0 bridgehead atoms. The number of carbonyl (C=O) groups excluding carboxylic acids is 10. The second-order valence-corrected chi connectivity index (χ2v) is 27.1. The summed E-state index contributed by atoms with van der Waals surface area (Å²) in [6.07, 6.45) is 4.45. The minimum Gasteiger partial charge on any atom is -0.493 e. The smallest absolute Gasteiger partial charge is 0.344 e. The lowest BCUT2D eigenvalue weighted by molar-refractivity contribution is -0.165. The topological polar surface area (TPSA) is 309 Å². The summed E-state index contributed by atoms with van der Waals surface area (Å²) in [5.41, 5.74) is 0.635. The number of carbonyl (C=O) groups is 11. The number of nitrogens with one attached hydrogen (secondary N) is 3. The van der Waals surface area contributed by atoms with Gasteiger partial charge in [-0.2, -0.15) is 0 Å². The van der Waals surface area contributed by atoms with Crippen LogP contribution in [0.15, 0.2) is 109 Å². The van der Waals surface area contributed by atoms with Gasteiger partial charge in [-0.3, -0.25) is 33.6 Å². The molecule has 2 aliphatic heterocycles. The molecule has 5 amide bonds. The summed E-state index contributed by atoms with van der Waals surface area (Å²) >= 11 is 0. The Morgan fingerprint density at radius 3 is 2.08 bits per heavy atom. The highest BCUT2D eigenvalue weighted by Crippen LogP contribution is 2.33. The molecule has 0 radical (unpaired) electrons. The van der Waals surface area contributed by atoms with Gasteiger partial charge in [0, 0.05) is 51.9 Å². The summed E-state index contributed by atoms with van der Waals surface area (Å²) in [5.74, 6) is -6.61. The number of carboxylic acids is 1. The van der Waals surface area contributed by atoms with E-state index in [1.807, 2.05) is 26.0 Å². The van der Waals surface area contributed by atoms with E-state index in [0.717, 1.165) is 10.5 Å². The van der Waals surface area contributed by atoms with Crippen molar-refractivity contribution in [3.8, 4) is 17.2 Å². The first-order valence-electron chi connectivity index (χ1n) is 33.8. The van der Waals surface area contributed by atoms with Crippen molar-refractivity contribution >= 4 is 65.0 Å². The Balaban J connectivity index is 1.19. The molecule has 536 valence electrons. The molecule has 4 aromatic rings. The first kappa shape index (κ1) is 78.5. The number of nitrogens with zero attached hydrogens (tertiary/aromatic N) is 3. The molecule has 0 aromatic heterocycles. The van der Waals surface area contributed by atoms with Crippen LogP contribution in [0, 0.1) is 11.3 Å². The summed E-state index contributed by atoms with van der Waals surface area (Å²) in [6, 6.07) is 21.1. The predicted molar refractivity (Wildman–Crippen MR) is 367 cm³/mol. The van der Waals surface area contributed by atoms with Crippen molar-refractivity contribution in [3.63, 3.8) is 0 Å². The van der Waals surface area contributed by atoms with Crippen LogP contribution < -0.4 is 30.2 Å². The number of esters is 3. The molecule has 0 saturated carbocycles. The van der Waals surface area contributed by atoms with Crippen molar-refractivity contribution in [3.05, 3.63) is 137 Å². The van der Waals surface area contributed by atoms with Gasteiger partial charge < -0.3 is 64.2 Å². The van der Waals surface area contributed by atoms with Crippen LogP contribution in [0.1, 0.15) is 153 Å². The lowest BCUT2D eigenvalue weighted by Crippen LogP contribution is -2.57. The minimum atomic E-state index is -1.43. The third-order valence-corrected chi connectivity index (χ3v) is 17.1. The van der Waals surface area contributed by atoms with Crippen molar-refractivity contribution in [2.45, 2.75) is 174 Å². The molecule has 99 heavy (non-hydrogen) atoms. The van der Waals surface area contributed by atoms with Gasteiger partial charge in [-0.1, -0.05) is 92.7 Å². The number of benzene rings is 4. The van der Waals surface area contributed by atoms with Crippen LogP contribution in [0.3, 0.4) is 0 Å². The molecule has 0 spiro atoms. The monoisotopic (exact) mass is 1370 g/mol. The molecule has 24 nitrogen and oxygen atoms in total. The molecule has 6 atom stereocenters. The summed E-state index contributed by atoms with van der Waals surface area (Å²) in [4.78, 5) is 156. The average molecular weight is 1370 g/mol. The van der Waals surface area contributed by atoms with Crippen LogP contribution in [0.25, 0.3) is 0 Å². The zero-order valence-electron chi connectivity index (χ0n) is 58.9. The van der Waals surface area contributed by atoms with E-state index in [4.69, 9.17) is 28.4 Å². The number of methoxy groups -OCH3 is 2. The lowest BCUT2D eigenvalue weighted by atomic mass is 9.87. The first-order valence-corrected chi connectivity index (χ1v) is 33.8. The largest absolute Gasteiger partial charge is 0.493 e. The number of carboxylic acid groups (broad SMARTS) is 1. The predicted octanol–water partition coefficient (Wildman–Crippen LogP) is 7.75. The van der Waals surface area contributed by atoms with Crippen LogP contribution in [-0.2, 0) is 86.2 Å². The van der Waals surface area contributed by atoms with E-state index in [-0.39, 0.29) is 89.4 Å². The molecule has 4 aromatic carbocycles. The van der Waals surface area contributed by atoms with Gasteiger partial charge in [0.15, 0.2) is 18.1 Å². The normalized spacial score (nSPS) is 16.0. The minimum absolute atomic E-state index is 0.0637. The number of amides is 5. The van der Waals surface area contributed by atoms with Gasteiger partial charge in [0.1, 0.15) is 60.1 Å². The zero-order valence-corrected chi connectivity index (χ0v) is 58.9. The Hall–Kier alpha value is -9.45. The third kappa shape index (κ3) is 23.9. The van der Waals surface area contributed by atoms with Gasteiger partial charge in [0.2, 0.25) is 29.4 Å². The Kier molecular flexibility index (Phi) is 29.7. The van der Waals surface area contributed by atoms with Crippen molar-refractivity contribution in [2.24, 2.45) is 11.3 Å². The molecular weight excluding hydrogens is 1270 g/mol. The van der Waals surface area contributed by atoms with Gasteiger partial charge in [-0.15, -0.1) is 0 Å². The van der Waals surface area contributed by atoms with Crippen molar-refractivity contribution in [1.82, 2.24) is 30.7 Å². The fourth-order valence-corrected chi connectivity index (χ4v) is 11.8. The van der Waals surface area contributed by atoms with Crippen LogP contribution in [0.4, 0.5) is 0 Å². The first-order chi connectivity index (χ1) is 47.0. The maximum absolute atomic E-state index is 15.0. The van der Waals surface area contributed by atoms with E-state index < -0.39 is 107 Å². The highest BCUT2D eigenvalue weighted by molar-refractivity contribution is 6.38. The number of likely N-dealkylation sites (N-methyl/N-ethyl adjacent to an activating group) is 1. The van der Waals surface area contributed by atoms with Crippen molar-refractivity contribution < 1.29 is 86.3 Å². The lowest BCUT2D eigenvalue weighted by Gasteiger charge is -2.36. The highest BCUT2D eigenvalue weighted by Gasteiger charge is 2.44. The Morgan fingerprint density at radius 1 is 0.737 bits per heavy atom. The van der Waals surface area contributed by atoms with Gasteiger partial charge in [0.05, 0.1) is 19.6 Å². The van der Waals surface area contributed by atoms with E-state index >= 15 is 0 Å². The van der Waals surface area contributed by atoms with E-state index in [9.17, 15) is 57.8 Å². The zero-order chi connectivity index (χ0) is 72.6. The number of ether oxygens (including phenoxy) is 6. The van der Waals surface area contributed by atoms with Gasteiger partial charge in [-0.05, 0) is 164 Å². The quantitative estimate of drug-likeness (QED) is 0.0111. The molecule has 0 aliphatic carbocycles. The Bertz CT molecular complexity index is 3490. The number of aliphatic carboxylic acids is 1. The van der Waals surface area contributed by atoms with Crippen LogP contribution in [0.5, 0.6) is 17.2 Å². The van der Waals surface area contributed by atoms with Crippen molar-refractivity contribution in [2.75, 3.05) is 61.2 Å². The van der Waals surface area contributed by atoms with Crippen LogP contribution in [-0.4, -0.2) is 176 Å². The van der Waals surface area contributed by atoms with Gasteiger partial charge >= 0.3 is 23.9 Å². The molecule has 2 aliphatic rings. The molecule has 2 heterocycles. The van der Waals surface area contributed by atoms with E-state index in [1.54, 1.807) is 119 Å². The highest BCUT2D eigenvalue weighted by atomic mass is 16.6.